The Kier molecular flexibility index (Phi) is 5.86. The van der Waals surface area contributed by atoms with Crippen molar-refractivity contribution in [2.24, 2.45) is 5.92 Å². The third-order valence-electron chi connectivity index (χ3n) is 3.91. The highest BCUT2D eigenvalue weighted by Gasteiger charge is 2.36. The zero-order valence-electron chi connectivity index (χ0n) is 13.3. The average Bonchev–Trinajstić information content (AvgIpc) is 2.46. The van der Waals surface area contributed by atoms with Gasteiger partial charge in [-0.05, 0) is 34.5 Å². The first-order valence-electron chi connectivity index (χ1n) is 7.33. The number of ether oxygens (including phenoxy) is 2. The van der Waals surface area contributed by atoms with Gasteiger partial charge in [-0.15, -0.1) is 0 Å². The van der Waals surface area contributed by atoms with Crippen LogP contribution >= 0.6 is 27.7 Å². The third-order valence-corrected chi connectivity index (χ3v) is 6.15. The molecule has 0 bridgehead atoms. The minimum Gasteiger partial charge on any atom is -0.496 e. The lowest BCUT2D eigenvalue weighted by molar-refractivity contribution is 0.372. The molecule has 0 radical (unpaired) electrons. The van der Waals surface area contributed by atoms with Gasteiger partial charge in [-0.25, -0.2) is 0 Å². The van der Waals surface area contributed by atoms with Crippen LogP contribution in [0.25, 0.3) is 0 Å². The molecule has 0 aromatic heterocycles. The number of benzene rings is 1. The van der Waals surface area contributed by atoms with Crippen molar-refractivity contribution in [2.45, 2.75) is 37.8 Å². The van der Waals surface area contributed by atoms with E-state index in [0.29, 0.717) is 11.2 Å². The molecule has 0 fully saturated rings. The van der Waals surface area contributed by atoms with Gasteiger partial charge in [0.05, 0.1) is 18.7 Å². The van der Waals surface area contributed by atoms with Gasteiger partial charge in [-0.2, -0.15) is 11.8 Å². The molecule has 0 aliphatic carbocycles. The van der Waals surface area contributed by atoms with Gasteiger partial charge < -0.3 is 14.8 Å². The summed E-state index contributed by atoms with van der Waals surface area (Å²) in [6, 6.07) is 2.29. The van der Waals surface area contributed by atoms with Crippen molar-refractivity contribution >= 4 is 27.7 Å². The Hall–Kier alpha value is -0.390. The van der Waals surface area contributed by atoms with Crippen molar-refractivity contribution in [1.82, 2.24) is 5.32 Å². The van der Waals surface area contributed by atoms with Crippen molar-refractivity contribution in [3.63, 3.8) is 0 Å². The van der Waals surface area contributed by atoms with Crippen LogP contribution in [0.3, 0.4) is 0 Å². The maximum Gasteiger partial charge on any atom is 0.138 e. The first-order valence-corrected chi connectivity index (χ1v) is 9.17. The minimum absolute atomic E-state index is 0.282. The molecule has 5 heteroatoms. The number of thioether (sulfide) groups is 1. The summed E-state index contributed by atoms with van der Waals surface area (Å²) in [4.78, 5) is 0. The fourth-order valence-corrected chi connectivity index (χ4v) is 5.04. The lowest BCUT2D eigenvalue weighted by atomic mass is 9.91. The Morgan fingerprint density at radius 3 is 2.62 bits per heavy atom. The fraction of sp³-hybridized carbons (Fsp3) is 0.625. The Labute approximate surface area is 140 Å². The number of methoxy groups -OCH3 is 2. The molecule has 2 atom stereocenters. The van der Waals surface area contributed by atoms with Gasteiger partial charge in [-0.1, -0.05) is 20.8 Å². The molecular weight excluding hydrogens is 350 g/mol. The van der Waals surface area contributed by atoms with Gasteiger partial charge in [0, 0.05) is 28.2 Å². The first-order chi connectivity index (χ1) is 10.0. The third kappa shape index (κ3) is 3.20. The minimum atomic E-state index is 0.282. The Bertz CT molecular complexity index is 508. The normalized spacial score (nSPS) is 21.3. The van der Waals surface area contributed by atoms with E-state index < -0.39 is 0 Å². The van der Waals surface area contributed by atoms with E-state index in [-0.39, 0.29) is 6.04 Å². The van der Waals surface area contributed by atoms with Gasteiger partial charge in [0.2, 0.25) is 0 Å². The Morgan fingerprint density at radius 2 is 2.10 bits per heavy atom. The lowest BCUT2D eigenvalue weighted by Gasteiger charge is -2.37. The van der Waals surface area contributed by atoms with E-state index in [1.807, 2.05) is 17.8 Å². The van der Waals surface area contributed by atoms with E-state index in [2.05, 4.69) is 42.0 Å². The number of hydrogen-bond acceptors (Lipinski definition) is 4. The van der Waals surface area contributed by atoms with Crippen LogP contribution < -0.4 is 14.8 Å². The lowest BCUT2D eigenvalue weighted by Crippen LogP contribution is -2.36. The second-order valence-electron chi connectivity index (χ2n) is 5.54. The highest BCUT2D eigenvalue weighted by Crippen LogP contribution is 2.50. The first kappa shape index (κ1) is 17.0. The van der Waals surface area contributed by atoms with Gasteiger partial charge in [0.1, 0.15) is 11.5 Å². The molecule has 118 valence electrons. The maximum atomic E-state index is 5.70. The quantitative estimate of drug-likeness (QED) is 0.828. The molecule has 1 aliphatic rings. The SMILES string of the molecule is CCNC1c2c(c(OC)cc(Br)c2OC)CSC1C(C)C. The second-order valence-corrected chi connectivity index (χ2v) is 7.56. The van der Waals surface area contributed by atoms with Crippen LogP contribution in [-0.4, -0.2) is 26.0 Å². The molecule has 3 nitrogen and oxygen atoms in total. The summed E-state index contributed by atoms with van der Waals surface area (Å²) < 4.78 is 12.2. The molecule has 0 saturated heterocycles. The van der Waals surface area contributed by atoms with E-state index in [9.17, 15) is 0 Å². The molecule has 1 aromatic rings. The second kappa shape index (κ2) is 7.25. The van der Waals surface area contributed by atoms with Crippen molar-refractivity contribution in [3.8, 4) is 11.5 Å². The molecule has 2 rings (SSSR count). The zero-order valence-corrected chi connectivity index (χ0v) is 15.7. The van der Waals surface area contributed by atoms with Crippen LogP contribution in [0.15, 0.2) is 10.5 Å². The van der Waals surface area contributed by atoms with Crippen molar-refractivity contribution in [2.75, 3.05) is 20.8 Å². The number of fused-ring (bicyclic) bond motifs is 1. The molecule has 0 saturated carbocycles. The summed E-state index contributed by atoms with van der Waals surface area (Å²) in [5.41, 5.74) is 2.51. The van der Waals surface area contributed by atoms with Crippen LogP contribution in [0.2, 0.25) is 0 Å². The molecule has 0 spiro atoms. The number of halogens is 1. The summed E-state index contributed by atoms with van der Waals surface area (Å²) in [6.07, 6.45) is 0. The summed E-state index contributed by atoms with van der Waals surface area (Å²) in [7, 11) is 3.47. The Balaban J connectivity index is 2.62. The van der Waals surface area contributed by atoms with Gasteiger partial charge in [-0.3, -0.25) is 0 Å². The largest absolute Gasteiger partial charge is 0.496 e. The maximum absolute atomic E-state index is 5.70. The molecule has 1 aromatic carbocycles. The van der Waals surface area contributed by atoms with Crippen molar-refractivity contribution < 1.29 is 9.47 Å². The molecule has 1 N–H and O–H groups in total. The van der Waals surface area contributed by atoms with Gasteiger partial charge in [0.15, 0.2) is 0 Å². The molecule has 21 heavy (non-hydrogen) atoms. The molecule has 2 unspecified atom stereocenters. The van der Waals surface area contributed by atoms with Crippen LogP contribution in [0.5, 0.6) is 11.5 Å². The highest BCUT2D eigenvalue weighted by molar-refractivity contribution is 9.10. The van der Waals surface area contributed by atoms with Crippen LogP contribution in [0.1, 0.15) is 37.9 Å². The number of rotatable bonds is 5. The van der Waals surface area contributed by atoms with Crippen LogP contribution in [-0.2, 0) is 5.75 Å². The smallest absolute Gasteiger partial charge is 0.138 e. The van der Waals surface area contributed by atoms with E-state index >= 15 is 0 Å². The van der Waals surface area contributed by atoms with Gasteiger partial charge in [0.25, 0.3) is 0 Å². The predicted molar refractivity (Wildman–Crippen MR) is 93.6 cm³/mol. The highest BCUT2D eigenvalue weighted by atomic mass is 79.9. The van der Waals surface area contributed by atoms with Crippen LogP contribution in [0.4, 0.5) is 0 Å². The number of hydrogen-bond donors (Lipinski definition) is 1. The van der Waals surface area contributed by atoms with E-state index in [1.165, 1.54) is 11.1 Å². The standard InChI is InChI=1S/C16H24BrNO2S/c1-6-18-14-13-10(8-21-16(14)9(2)3)12(19-4)7-11(17)15(13)20-5/h7,9,14,16,18H,6,8H2,1-5H3. The van der Waals surface area contributed by atoms with Gasteiger partial charge >= 0.3 is 0 Å². The average molecular weight is 374 g/mol. The summed E-state index contributed by atoms with van der Waals surface area (Å²) >= 11 is 5.63. The van der Waals surface area contributed by atoms with E-state index in [1.54, 1.807) is 14.2 Å². The molecule has 0 amide bonds. The topological polar surface area (TPSA) is 30.5 Å². The molecule has 1 heterocycles. The fourth-order valence-electron chi connectivity index (χ4n) is 2.99. The molecule has 1 aliphatic heterocycles. The van der Waals surface area contributed by atoms with E-state index in [4.69, 9.17) is 9.47 Å². The monoisotopic (exact) mass is 373 g/mol. The molecular formula is C16H24BrNO2S. The summed E-state index contributed by atoms with van der Waals surface area (Å²) in [5.74, 6) is 3.44. The van der Waals surface area contributed by atoms with Crippen LogP contribution in [0, 0.1) is 5.92 Å². The van der Waals surface area contributed by atoms with E-state index in [0.717, 1.165) is 28.3 Å². The summed E-state index contributed by atoms with van der Waals surface area (Å²) in [6.45, 7) is 7.66. The summed E-state index contributed by atoms with van der Waals surface area (Å²) in [5, 5.41) is 4.18. The van der Waals surface area contributed by atoms with Crippen molar-refractivity contribution in [3.05, 3.63) is 21.7 Å². The predicted octanol–water partition coefficient (Wildman–Crippen LogP) is 4.39. The van der Waals surface area contributed by atoms with Crippen molar-refractivity contribution in [1.29, 1.82) is 0 Å². The number of nitrogens with one attached hydrogen (secondary N) is 1. The zero-order chi connectivity index (χ0) is 15.6. The Morgan fingerprint density at radius 1 is 1.38 bits per heavy atom.